The summed E-state index contributed by atoms with van der Waals surface area (Å²) in [6, 6.07) is 4.89. The quantitative estimate of drug-likeness (QED) is 0.813. The Balaban J connectivity index is 2.32. The van der Waals surface area contributed by atoms with Crippen LogP contribution in [0.5, 0.6) is 5.75 Å². The first-order valence-corrected chi connectivity index (χ1v) is 7.98. The smallest absolute Gasteiger partial charge is 0.258 e. The molecule has 1 heterocycles. The predicted octanol–water partition coefficient (Wildman–Crippen LogP) is 1.59. The van der Waals surface area contributed by atoms with Gasteiger partial charge in [0.1, 0.15) is 11.5 Å². The van der Waals surface area contributed by atoms with Gasteiger partial charge < -0.3 is 9.63 Å². The minimum Gasteiger partial charge on any atom is -0.507 e. The number of hydrogen-bond donors (Lipinski definition) is 1. The van der Waals surface area contributed by atoms with Crippen molar-refractivity contribution in [3.8, 4) is 17.2 Å². The summed E-state index contributed by atoms with van der Waals surface area (Å²) in [4.78, 5) is 3.97. The summed E-state index contributed by atoms with van der Waals surface area (Å²) >= 11 is 1.99. The lowest BCUT2D eigenvalue weighted by Gasteiger charge is -1.98. The first-order valence-electron chi connectivity index (χ1n) is 4.84. The molecule has 8 heteroatoms. The van der Waals surface area contributed by atoms with Crippen molar-refractivity contribution in [1.29, 1.82) is 0 Å². The highest BCUT2D eigenvalue weighted by molar-refractivity contribution is 14.1. The van der Waals surface area contributed by atoms with Gasteiger partial charge in [-0.1, -0.05) is 5.16 Å². The molecule has 1 N–H and O–H groups in total. The van der Waals surface area contributed by atoms with E-state index < -0.39 is 9.84 Å². The molecule has 0 aliphatic rings. The van der Waals surface area contributed by atoms with Crippen LogP contribution in [0, 0.1) is 3.57 Å². The van der Waals surface area contributed by atoms with Crippen LogP contribution in [-0.2, 0) is 15.6 Å². The molecule has 0 amide bonds. The lowest BCUT2D eigenvalue weighted by Crippen LogP contribution is -2.02. The molecule has 2 rings (SSSR count). The third-order valence-electron chi connectivity index (χ3n) is 2.05. The molecule has 0 saturated heterocycles. The minimum atomic E-state index is -3.20. The first kappa shape index (κ1) is 13.3. The third kappa shape index (κ3) is 3.19. The molecule has 0 aliphatic heterocycles. The maximum Gasteiger partial charge on any atom is 0.258 e. The number of aromatic hydroxyl groups is 1. The molecule has 0 atom stereocenters. The van der Waals surface area contributed by atoms with Gasteiger partial charge in [0.2, 0.25) is 0 Å². The van der Waals surface area contributed by atoms with Crippen molar-refractivity contribution in [1.82, 2.24) is 10.1 Å². The summed E-state index contributed by atoms with van der Waals surface area (Å²) in [7, 11) is -3.20. The van der Waals surface area contributed by atoms with E-state index in [9.17, 15) is 13.5 Å². The maximum absolute atomic E-state index is 11.1. The van der Waals surface area contributed by atoms with E-state index in [1.165, 1.54) is 6.07 Å². The van der Waals surface area contributed by atoms with Crippen molar-refractivity contribution in [3.05, 3.63) is 27.6 Å². The molecule has 1 aromatic carbocycles. The zero-order valence-electron chi connectivity index (χ0n) is 9.29. The van der Waals surface area contributed by atoms with Crippen molar-refractivity contribution >= 4 is 32.4 Å². The van der Waals surface area contributed by atoms with Gasteiger partial charge in [-0.2, -0.15) is 4.98 Å². The zero-order valence-corrected chi connectivity index (χ0v) is 12.3. The monoisotopic (exact) mass is 380 g/mol. The number of benzene rings is 1. The highest BCUT2D eigenvalue weighted by Crippen LogP contribution is 2.26. The third-order valence-corrected chi connectivity index (χ3v) is 3.75. The van der Waals surface area contributed by atoms with Crippen LogP contribution in [0.25, 0.3) is 11.5 Å². The number of rotatable bonds is 3. The Morgan fingerprint density at radius 3 is 2.78 bits per heavy atom. The number of hydrogen-bond acceptors (Lipinski definition) is 6. The maximum atomic E-state index is 11.1. The van der Waals surface area contributed by atoms with Crippen LogP contribution in [0.2, 0.25) is 0 Å². The van der Waals surface area contributed by atoms with Crippen LogP contribution in [0.3, 0.4) is 0 Å². The predicted molar refractivity (Wildman–Crippen MR) is 72.7 cm³/mol. The molecule has 0 fully saturated rings. The second-order valence-corrected chi connectivity index (χ2v) is 7.05. The Bertz CT molecular complexity index is 681. The number of aromatic nitrogens is 2. The molecule has 0 radical (unpaired) electrons. The molecule has 0 bridgehead atoms. The fourth-order valence-electron chi connectivity index (χ4n) is 1.31. The van der Waals surface area contributed by atoms with Gasteiger partial charge in [0.15, 0.2) is 15.7 Å². The molecule has 18 heavy (non-hydrogen) atoms. The van der Waals surface area contributed by atoms with E-state index in [-0.39, 0.29) is 23.2 Å². The molecule has 0 aliphatic carbocycles. The number of nitrogens with zero attached hydrogens (tertiary/aromatic N) is 2. The summed E-state index contributed by atoms with van der Waals surface area (Å²) < 4.78 is 27.8. The van der Waals surface area contributed by atoms with Gasteiger partial charge in [-0.25, -0.2) is 8.42 Å². The Hall–Kier alpha value is -1.16. The number of phenolic OH excluding ortho intramolecular Hbond substituents is 1. The normalized spacial score (nSPS) is 11.7. The fraction of sp³-hybridized carbons (Fsp3) is 0.200. The van der Waals surface area contributed by atoms with Gasteiger partial charge in [-0.05, 0) is 40.8 Å². The summed E-state index contributed by atoms with van der Waals surface area (Å²) in [6.45, 7) is 0. The van der Waals surface area contributed by atoms with Crippen LogP contribution >= 0.6 is 22.6 Å². The SMILES string of the molecule is CS(=O)(=O)Cc1noc(-c2ccc(I)c(O)c2)n1. The van der Waals surface area contributed by atoms with E-state index in [4.69, 9.17) is 4.52 Å². The molecule has 0 unspecified atom stereocenters. The van der Waals surface area contributed by atoms with Crippen LogP contribution in [0.1, 0.15) is 5.82 Å². The highest BCUT2D eigenvalue weighted by Gasteiger charge is 2.14. The fourth-order valence-corrected chi connectivity index (χ4v) is 2.23. The molecule has 1 aromatic heterocycles. The lowest BCUT2D eigenvalue weighted by atomic mass is 10.2. The van der Waals surface area contributed by atoms with E-state index in [1.807, 2.05) is 22.6 Å². The largest absolute Gasteiger partial charge is 0.507 e. The lowest BCUT2D eigenvalue weighted by molar-refractivity contribution is 0.423. The zero-order chi connectivity index (χ0) is 13.3. The Morgan fingerprint density at radius 2 is 2.17 bits per heavy atom. The molecule has 0 saturated carbocycles. The Morgan fingerprint density at radius 1 is 1.44 bits per heavy atom. The van der Waals surface area contributed by atoms with Gasteiger partial charge in [0.05, 0.1) is 3.57 Å². The average molecular weight is 380 g/mol. The molecular weight excluding hydrogens is 371 g/mol. The van der Waals surface area contributed by atoms with E-state index in [0.717, 1.165) is 6.26 Å². The highest BCUT2D eigenvalue weighted by atomic mass is 127. The number of halogens is 1. The van der Waals surface area contributed by atoms with E-state index in [1.54, 1.807) is 12.1 Å². The van der Waals surface area contributed by atoms with Crippen molar-refractivity contribution in [2.24, 2.45) is 0 Å². The molecular formula is C10H9IN2O4S. The van der Waals surface area contributed by atoms with E-state index in [2.05, 4.69) is 10.1 Å². The number of sulfone groups is 1. The summed E-state index contributed by atoms with van der Waals surface area (Å²) in [5.74, 6) is 0.120. The van der Waals surface area contributed by atoms with Gasteiger partial charge in [-0.15, -0.1) is 0 Å². The minimum absolute atomic E-state index is 0.102. The van der Waals surface area contributed by atoms with Gasteiger partial charge in [0.25, 0.3) is 5.89 Å². The van der Waals surface area contributed by atoms with Gasteiger partial charge in [-0.3, -0.25) is 0 Å². The molecule has 96 valence electrons. The number of phenols is 1. The van der Waals surface area contributed by atoms with E-state index in [0.29, 0.717) is 9.13 Å². The summed E-state index contributed by atoms with van der Waals surface area (Å²) in [5, 5.41) is 13.1. The topological polar surface area (TPSA) is 93.3 Å². The van der Waals surface area contributed by atoms with Crippen LogP contribution in [0.15, 0.2) is 22.7 Å². The van der Waals surface area contributed by atoms with Gasteiger partial charge >= 0.3 is 0 Å². The van der Waals surface area contributed by atoms with Crippen LogP contribution in [0.4, 0.5) is 0 Å². The van der Waals surface area contributed by atoms with Crippen LogP contribution < -0.4 is 0 Å². The summed E-state index contributed by atoms with van der Waals surface area (Å²) in [5.41, 5.74) is 0.542. The molecule has 0 spiro atoms. The van der Waals surface area contributed by atoms with Crippen molar-refractivity contribution in [2.75, 3.05) is 6.26 Å². The standard InChI is InChI=1S/C10H9IN2O4S/c1-18(15,16)5-9-12-10(17-13-9)6-2-3-7(11)8(14)4-6/h2-4,14H,5H2,1H3. The Kier molecular flexibility index (Phi) is 3.57. The van der Waals surface area contributed by atoms with Crippen molar-refractivity contribution < 1.29 is 18.0 Å². The summed E-state index contributed by atoms with van der Waals surface area (Å²) in [6.07, 6.45) is 1.10. The molecule has 6 nitrogen and oxygen atoms in total. The first-order chi connectivity index (χ1) is 8.35. The average Bonchev–Trinajstić information content (AvgIpc) is 2.68. The Labute approximate surface area is 117 Å². The molecule has 2 aromatic rings. The van der Waals surface area contributed by atoms with Crippen molar-refractivity contribution in [3.63, 3.8) is 0 Å². The van der Waals surface area contributed by atoms with Gasteiger partial charge in [0, 0.05) is 11.8 Å². The van der Waals surface area contributed by atoms with Crippen LogP contribution in [-0.4, -0.2) is 29.9 Å². The second kappa shape index (κ2) is 4.84. The van der Waals surface area contributed by atoms with E-state index >= 15 is 0 Å². The van der Waals surface area contributed by atoms with Crippen molar-refractivity contribution in [2.45, 2.75) is 5.75 Å². The second-order valence-electron chi connectivity index (χ2n) is 3.75.